The average molecular weight is 398 g/mol. The van der Waals surface area contributed by atoms with E-state index in [1.165, 1.54) is 0 Å². The first-order valence-corrected chi connectivity index (χ1v) is 9.85. The molecule has 1 aliphatic heterocycles. The number of carbonyl (C=O) groups excluding carboxylic acids is 2. The number of benzene rings is 1. The van der Waals surface area contributed by atoms with Crippen LogP contribution in [0.4, 0.5) is 0 Å². The molecule has 1 aromatic carbocycles. The fourth-order valence-corrected chi connectivity index (χ4v) is 3.87. The molecule has 0 saturated heterocycles. The lowest BCUT2D eigenvalue weighted by Crippen LogP contribution is -2.42. The third-order valence-corrected chi connectivity index (χ3v) is 5.70. The molecule has 0 radical (unpaired) electrons. The van der Waals surface area contributed by atoms with Crippen LogP contribution in [-0.4, -0.2) is 55.0 Å². The monoisotopic (exact) mass is 398 g/mol. The predicted molar refractivity (Wildman–Crippen MR) is 106 cm³/mol. The van der Waals surface area contributed by atoms with Crippen LogP contribution in [-0.2, 0) is 27.9 Å². The molecule has 1 unspecified atom stereocenters. The van der Waals surface area contributed by atoms with Crippen LogP contribution in [0, 0.1) is 0 Å². The fraction of sp³-hybridized carbons (Fsp3) is 0.476. The van der Waals surface area contributed by atoms with Crippen LogP contribution in [0.5, 0.6) is 5.75 Å². The van der Waals surface area contributed by atoms with Gasteiger partial charge in [-0.3, -0.25) is 14.3 Å². The van der Waals surface area contributed by atoms with E-state index in [4.69, 9.17) is 9.47 Å². The molecule has 1 fully saturated rings. The van der Waals surface area contributed by atoms with E-state index in [2.05, 4.69) is 15.7 Å². The molecule has 154 valence electrons. The van der Waals surface area contributed by atoms with Crippen molar-refractivity contribution < 1.29 is 19.1 Å². The second kappa shape index (κ2) is 7.87. The molecule has 2 heterocycles. The maximum atomic E-state index is 13.0. The van der Waals surface area contributed by atoms with E-state index < -0.39 is 5.41 Å². The molecule has 8 heteroatoms. The second-order valence-electron chi connectivity index (χ2n) is 7.64. The number of hydrogen-bond acceptors (Lipinski definition) is 5. The number of hydrogen-bond donors (Lipinski definition) is 2. The topological polar surface area (TPSA) is 94.5 Å². The molecule has 1 saturated carbocycles. The van der Waals surface area contributed by atoms with Crippen molar-refractivity contribution in [1.29, 1.82) is 0 Å². The lowest BCUT2D eigenvalue weighted by atomic mass is 9.94. The quantitative estimate of drug-likeness (QED) is 0.648. The van der Waals surface area contributed by atoms with Crippen LogP contribution in [0.3, 0.4) is 0 Å². The van der Waals surface area contributed by atoms with Crippen molar-refractivity contribution in [2.75, 3.05) is 27.4 Å². The summed E-state index contributed by atoms with van der Waals surface area (Å²) in [5, 5.41) is 10.3. The van der Waals surface area contributed by atoms with Gasteiger partial charge in [-0.15, -0.1) is 0 Å². The summed E-state index contributed by atoms with van der Waals surface area (Å²) in [5.41, 5.74) is 1.96. The van der Waals surface area contributed by atoms with Crippen LogP contribution in [0.2, 0.25) is 0 Å². The summed E-state index contributed by atoms with van der Waals surface area (Å²) < 4.78 is 11.9. The fourth-order valence-electron chi connectivity index (χ4n) is 3.87. The van der Waals surface area contributed by atoms with E-state index >= 15 is 0 Å². The molecule has 1 aliphatic carbocycles. The van der Waals surface area contributed by atoms with Gasteiger partial charge in [-0.2, -0.15) is 5.10 Å². The molecule has 0 bridgehead atoms. The molecule has 2 aliphatic rings. The molecule has 4 rings (SSSR count). The van der Waals surface area contributed by atoms with Gasteiger partial charge in [0.05, 0.1) is 31.7 Å². The third-order valence-electron chi connectivity index (χ3n) is 5.70. The number of amides is 2. The molecule has 8 nitrogen and oxygen atoms in total. The zero-order valence-corrected chi connectivity index (χ0v) is 16.7. The highest BCUT2D eigenvalue weighted by Gasteiger charge is 2.51. The number of fused-ring (bicyclic) bond motifs is 1. The Morgan fingerprint density at radius 2 is 2.00 bits per heavy atom. The Bertz CT molecular complexity index is 878. The lowest BCUT2D eigenvalue weighted by molar-refractivity contribution is -0.124. The van der Waals surface area contributed by atoms with Gasteiger partial charge >= 0.3 is 0 Å². The van der Waals surface area contributed by atoms with Gasteiger partial charge in [0.25, 0.3) is 5.91 Å². The zero-order chi connectivity index (χ0) is 20.4. The van der Waals surface area contributed by atoms with Crippen molar-refractivity contribution in [3.05, 3.63) is 47.3 Å². The summed E-state index contributed by atoms with van der Waals surface area (Å²) >= 11 is 0. The van der Waals surface area contributed by atoms with Gasteiger partial charge < -0.3 is 20.1 Å². The van der Waals surface area contributed by atoms with Crippen molar-refractivity contribution in [3.63, 3.8) is 0 Å². The third kappa shape index (κ3) is 3.85. The van der Waals surface area contributed by atoms with Crippen LogP contribution >= 0.6 is 0 Å². The highest BCUT2D eigenvalue weighted by atomic mass is 16.5. The Hall–Kier alpha value is -2.87. The molecular weight excluding hydrogens is 372 g/mol. The molecule has 2 N–H and O–H groups in total. The number of ether oxygens (including phenoxy) is 2. The molecule has 2 aromatic rings. The summed E-state index contributed by atoms with van der Waals surface area (Å²) in [6.45, 7) is 1.48. The summed E-state index contributed by atoms with van der Waals surface area (Å²) in [4.78, 5) is 25.1. The first-order valence-electron chi connectivity index (χ1n) is 9.85. The average Bonchev–Trinajstić information content (AvgIpc) is 3.32. The number of rotatable bonds is 8. The minimum atomic E-state index is -0.427. The number of nitrogens with one attached hydrogen (secondary N) is 2. The van der Waals surface area contributed by atoms with Gasteiger partial charge in [0.2, 0.25) is 5.91 Å². The van der Waals surface area contributed by atoms with E-state index in [1.807, 2.05) is 28.9 Å². The number of aromatic nitrogens is 2. The van der Waals surface area contributed by atoms with E-state index in [0.29, 0.717) is 31.8 Å². The number of carbonyl (C=O) groups is 2. The van der Waals surface area contributed by atoms with Crippen molar-refractivity contribution >= 4 is 11.8 Å². The molecular formula is C21H26N4O4. The standard InChI is InChI=1S/C21H26N4O4/c1-28-10-9-22-19(26)18-12-16-11-15(13-25(16)24-18)23-20(27)21(7-8-21)14-3-5-17(29-2)6-4-14/h3-6,12,15H,7-11,13H2,1-2H3,(H,22,26)(H,23,27). The Kier molecular flexibility index (Phi) is 5.27. The van der Waals surface area contributed by atoms with E-state index in [1.54, 1.807) is 20.3 Å². The van der Waals surface area contributed by atoms with Crippen LogP contribution < -0.4 is 15.4 Å². The van der Waals surface area contributed by atoms with Crippen LogP contribution in [0.25, 0.3) is 0 Å². The molecule has 2 amide bonds. The molecule has 1 aromatic heterocycles. The van der Waals surface area contributed by atoms with Gasteiger partial charge in [-0.25, -0.2) is 0 Å². The second-order valence-corrected chi connectivity index (χ2v) is 7.64. The summed E-state index contributed by atoms with van der Waals surface area (Å²) in [7, 11) is 3.22. The van der Waals surface area contributed by atoms with Gasteiger partial charge in [0.1, 0.15) is 11.4 Å². The normalized spacial score (nSPS) is 18.8. The van der Waals surface area contributed by atoms with Crippen molar-refractivity contribution in [2.45, 2.75) is 37.3 Å². The highest BCUT2D eigenvalue weighted by molar-refractivity contribution is 5.92. The largest absolute Gasteiger partial charge is 0.497 e. The van der Waals surface area contributed by atoms with E-state index in [-0.39, 0.29) is 17.9 Å². The first-order chi connectivity index (χ1) is 14.1. The SMILES string of the molecule is COCCNC(=O)c1cc2n(n1)CC(NC(=O)C1(c3ccc(OC)cc3)CC1)C2. The highest BCUT2D eigenvalue weighted by Crippen LogP contribution is 2.48. The maximum Gasteiger partial charge on any atom is 0.271 e. The van der Waals surface area contributed by atoms with Crippen LogP contribution in [0.15, 0.2) is 30.3 Å². The van der Waals surface area contributed by atoms with Gasteiger partial charge in [0.15, 0.2) is 0 Å². The Balaban J connectivity index is 1.35. The van der Waals surface area contributed by atoms with E-state index in [0.717, 1.165) is 29.8 Å². The minimum absolute atomic E-state index is 0.00803. The summed E-state index contributed by atoms with van der Waals surface area (Å²) in [5.74, 6) is 0.644. The van der Waals surface area contributed by atoms with Crippen LogP contribution in [0.1, 0.15) is 34.6 Å². The maximum absolute atomic E-state index is 13.0. The van der Waals surface area contributed by atoms with Gasteiger partial charge in [-0.1, -0.05) is 12.1 Å². The van der Waals surface area contributed by atoms with Gasteiger partial charge in [-0.05, 0) is 36.6 Å². The molecule has 1 atom stereocenters. The zero-order valence-electron chi connectivity index (χ0n) is 16.7. The Labute approximate surface area is 169 Å². The Morgan fingerprint density at radius 3 is 2.62 bits per heavy atom. The number of nitrogens with zero attached hydrogens (tertiary/aromatic N) is 2. The smallest absolute Gasteiger partial charge is 0.271 e. The van der Waals surface area contributed by atoms with E-state index in [9.17, 15) is 9.59 Å². The predicted octanol–water partition coefficient (Wildman–Crippen LogP) is 1.04. The van der Waals surface area contributed by atoms with Crippen molar-refractivity contribution in [3.8, 4) is 5.75 Å². The summed E-state index contributed by atoms with van der Waals surface area (Å²) in [6, 6.07) is 9.52. The summed E-state index contributed by atoms with van der Waals surface area (Å²) in [6.07, 6.45) is 2.38. The molecule has 0 spiro atoms. The van der Waals surface area contributed by atoms with Crippen molar-refractivity contribution in [2.24, 2.45) is 0 Å². The minimum Gasteiger partial charge on any atom is -0.497 e. The molecule has 29 heavy (non-hydrogen) atoms. The number of methoxy groups -OCH3 is 2. The Morgan fingerprint density at radius 1 is 1.24 bits per heavy atom. The van der Waals surface area contributed by atoms with Crippen molar-refractivity contribution in [1.82, 2.24) is 20.4 Å². The lowest BCUT2D eigenvalue weighted by Gasteiger charge is -2.19. The van der Waals surface area contributed by atoms with Gasteiger partial charge in [0, 0.05) is 25.8 Å². The first kappa shape index (κ1) is 19.4.